The van der Waals surface area contributed by atoms with Crippen LogP contribution in [0, 0.1) is 5.82 Å². The Balaban J connectivity index is 2.49. The summed E-state index contributed by atoms with van der Waals surface area (Å²) < 4.78 is 23.1. The van der Waals surface area contributed by atoms with E-state index in [9.17, 15) is 4.39 Å². The van der Waals surface area contributed by atoms with Gasteiger partial charge >= 0.3 is 0 Å². The molecule has 0 radical (unpaired) electrons. The number of halogens is 1. The number of nitrogens with two attached hydrogens (primary N) is 1. The van der Waals surface area contributed by atoms with Crippen molar-refractivity contribution in [2.45, 2.75) is 6.42 Å². The van der Waals surface area contributed by atoms with E-state index < -0.39 is 5.82 Å². The van der Waals surface area contributed by atoms with Gasteiger partial charge in [0, 0.05) is 20.1 Å². The largest absolute Gasteiger partial charge is 0.488 e. The predicted octanol–water partition coefficient (Wildman–Crippen LogP) is 1.82. The Morgan fingerprint density at radius 1 is 1.36 bits per heavy atom. The third kappa shape index (κ3) is 2.88. The van der Waals surface area contributed by atoms with Gasteiger partial charge in [0.1, 0.15) is 0 Å². The Morgan fingerprint density at radius 2 is 2.14 bits per heavy atom. The summed E-state index contributed by atoms with van der Waals surface area (Å²) in [5.41, 5.74) is 5.86. The van der Waals surface area contributed by atoms with Crippen LogP contribution >= 0.6 is 0 Å². The zero-order chi connectivity index (χ0) is 10.4. The predicted molar refractivity (Wildman–Crippen MR) is 52.8 cm³/mol. The van der Waals surface area contributed by atoms with Crippen LogP contribution < -0.4 is 10.5 Å². The van der Waals surface area contributed by atoms with Gasteiger partial charge in [0.15, 0.2) is 11.6 Å². The van der Waals surface area contributed by atoms with Crippen molar-refractivity contribution in [2.24, 2.45) is 0 Å². The van der Waals surface area contributed by atoms with Crippen LogP contribution in [0.2, 0.25) is 0 Å². The summed E-state index contributed by atoms with van der Waals surface area (Å²) in [6, 6.07) is 4.48. The zero-order valence-electron chi connectivity index (χ0n) is 8.13. The van der Waals surface area contributed by atoms with Gasteiger partial charge in [-0.3, -0.25) is 0 Å². The number of para-hydroxylation sites is 1. The van der Waals surface area contributed by atoms with Crippen LogP contribution in [0.5, 0.6) is 5.75 Å². The van der Waals surface area contributed by atoms with Gasteiger partial charge in [0.05, 0.1) is 12.3 Å². The van der Waals surface area contributed by atoms with Crippen LogP contribution in [0.3, 0.4) is 0 Å². The number of hydrogen-bond acceptors (Lipinski definition) is 3. The molecule has 0 spiro atoms. The van der Waals surface area contributed by atoms with E-state index in [4.69, 9.17) is 15.2 Å². The number of hydrogen-bond donors (Lipinski definition) is 1. The van der Waals surface area contributed by atoms with Crippen molar-refractivity contribution < 1.29 is 13.9 Å². The first-order chi connectivity index (χ1) is 6.75. The van der Waals surface area contributed by atoms with Crippen LogP contribution in [0.1, 0.15) is 6.42 Å². The van der Waals surface area contributed by atoms with Crippen molar-refractivity contribution >= 4 is 5.69 Å². The summed E-state index contributed by atoms with van der Waals surface area (Å²) in [7, 11) is 1.61. The van der Waals surface area contributed by atoms with Crippen molar-refractivity contribution in [2.75, 3.05) is 26.1 Å². The third-order valence-electron chi connectivity index (χ3n) is 1.74. The molecule has 1 aromatic carbocycles. The standard InChI is InChI=1S/C10H14FNO2/c1-13-6-3-7-14-10-8(11)4-2-5-9(10)12/h2,4-5H,3,6-7,12H2,1H3. The molecule has 0 saturated heterocycles. The maximum atomic E-state index is 13.1. The summed E-state index contributed by atoms with van der Waals surface area (Å²) in [6.07, 6.45) is 0.713. The molecule has 0 aliphatic heterocycles. The highest BCUT2D eigenvalue weighted by Gasteiger charge is 2.06. The molecule has 2 N–H and O–H groups in total. The van der Waals surface area contributed by atoms with Crippen LogP contribution in [0.25, 0.3) is 0 Å². The van der Waals surface area contributed by atoms with Crippen LogP contribution in [0.4, 0.5) is 10.1 Å². The Kier molecular flexibility index (Phi) is 4.19. The second-order valence-electron chi connectivity index (χ2n) is 2.85. The third-order valence-corrected chi connectivity index (χ3v) is 1.74. The van der Waals surface area contributed by atoms with E-state index in [-0.39, 0.29) is 5.75 Å². The van der Waals surface area contributed by atoms with Gasteiger partial charge in [-0.1, -0.05) is 6.07 Å². The average Bonchev–Trinajstić information content (AvgIpc) is 2.16. The highest BCUT2D eigenvalue weighted by atomic mass is 19.1. The van der Waals surface area contributed by atoms with Crippen molar-refractivity contribution in [3.63, 3.8) is 0 Å². The molecule has 0 bridgehead atoms. The molecule has 4 heteroatoms. The van der Waals surface area contributed by atoms with E-state index in [1.807, 2.05) is 0 Å². The summed E-state index contributed by atoms with van der Waals surface area (Å²) in [5.74, 6) is -0.300. The molecule has 0 amide bonds. The lowest BCUT2D eigenvalue weighted by Gasteiger charge is -2.08. The fraction of sp³-hybridized carbons (Fsp3) is 0.400. The quantitative estimate of drug-likeness (QED) is 0.581. The molecule has 0 aromatic heterocycles. The van der Waals surface area contributed by atoms with Gasteiger partial charge in [0.25, 0.3) is 0 Å². The first-order valence-electron chi connectivity index (χ1n) is 4.41. The first-order valence-corrected chi connectivity index (χ1v) is 4.41. The molecule has 0 aliphatic carbocycles. The maximum absolute atomic E-state index is 13.1. The number of anilines is 1. The average molecular weight is 199 g/mol. The summed E-state index contributed by atoms with van der Waals surface area (Å²) in [6.45, 7) is 0.993. The van der Waals surface area contributed by atoms with E-state index in [1.54, 1.807) is 19.2 Å². The molecule has 0 unspecified atom stereocenters. The first kappa shape index (κ1) is 10.8. The second kappa shape index (κ2) is 5.44. The number of ether oxygens (including phenoxy) is 2. The molecule has 78 valence electrons. The van der Waals surface area contributed by atoms with Crippen LogP contribution in [0.15, 0.2) is 18.2 Å². The van der Waals surface area contributed by atoms with Crippen molar-refractivity contribution in [1.82, 2.24) is 0 Å². The van der Waals surface area contributed by atoms with E-state index in [0.29, 0.717) is 25.3 Å². The molecule has 0 heterocycles. The lowest BCUT2D eigenvalue weighted by atomic mass is 10.3. The molecule has 0 fully saturated rings. The Hall–Kier alpha value is -1.29. The van der Waals surface area contributed by atoms with Gasteiger partial charge in [-0.25, -0.2) is 4.39 Å². The minimum absolute atomic E-state index is 0.128. The molecule has 0 atom stereocenters. The zero-order valence-corrected chi connectivity index (χ0v) is 8.13. The molecular weight excluding hydrogens is 185 g/mol. The maximum Gasteiger partial charge on any atom is 0.177 e. The molecule has 1 rings (SSSR count). The highest BCUT2D eigenvalue weighted by Crippen LogP contribution is 2.24. The molecule has 1 aromatic rings. The second-order valence-corrected chi connectivity index (χ2v) is 2.85. The molecule has 3 nitrogen and oxygen atoms in total. The SMILES string of the molecule is COCCCOc1c(N)cccc1F. The molecular formula is C10H14FNO2. The molecule has 0 aliphatic rings. The smallest absolute Gasteiger partial charge is 0.177 e. The van der Waals surface area contributed by atoms with Crippen molar-refractivity contribution in [1.29, 1.82) is 0 Å². The fourth-order valence-electron chi connectivity index (χ4n) is 1.06. The summed E-state index contributed by atoms with van der Waals surface area (Å²) in [5, 5.41) is 0. The Morgan fingerprint density at radius 3 is 2.79 bits per heavy atom. The minimum atomic E-state index is -0.428. The van der Waals surface area contributed by atoms with Gasteiger partial charge in [-0.15, -0.1) is 0 Å². The highest BCUT2D eigenvalue weighted by molar-refractivity contribution is 5.52. The Bertz CT molecular complexity index is 271. The van der Waals surface area contributed by atoms with E-state index in [2.05, 4.69) is 0 Å². The number of rotatable bonds is 5. The van der Waals surface area contributed by atoms with Crippen molar-refractivity contribution in [3.05, 3.63) is 24.0 Å². The van der Waals surface area contributed by atoms with Crippen LogP contribution in [-0.4, -0.2) is 20.3 Å². The van der Waals surface area contributed by atoms with E-state index in [1.165, 1.54) is 6.07 Å². The van der Waals surface area contributed by atoms with Gasteiger partial charge in [-0.2, -0.15) is 0 Å². The van der Waals surface area contributed by atoms with Gasteiger partial charge in [0.2, 0.25) is 0 Å². The molecule has 14 heavy (non-hydrogen) atoms. The Labute approximate surface area is 82.6 Å². The van der Waals surface area contributed by atoms with Crippen LogP contribution in [-0.2, 0) is 4.74 Å². The fourth-order valence-corrected chi connectivity index (χ4v) is 1.06. The van der Waals surface area contributed by atoms with Gasteiger partial charge in [-0.05, 0) is 12.1 Å². The lowest BCUT2D eigenvalue weighted by molar-refractivity contribution is 0.171. The number of nitrogen functional groups attached to an aromatic ring is 1. The number of benzene rings is 1. The number of methoxy groups -OCH3 is 1. The van der Waals surface area contributed by atoms with E-state index in [0.717, 1.165) is 0 Å². The monoisotopic (exact) mass is 199 g/mol. The summed E-state index contributed by atoms with van der Waals surface area (Å²) >= 11 is 0. The normalized spacial score (nSPS) is 10.1. The van der Waals surface area contributed by atoms with Crippen molar-refractivity contribution in [3.8, 4) is 5.75 Å². The summed E-state index contributed by atoms with van der Waals surface area (Å²) in [4.78, 5) is 0. The topological polar surface area (TPSA) is 44.5 Å². The van der Waals surface area contributed by atoms with Gasteiger partial charge < -0.3 is 15.2 Å². The molecule has 0 saturated carbocycles. The minimum Gasteiger partial charge on any atom is -0.488 e. The lowest BCUT2D eigenvalue weighted by Crippen LogP contribution is -2.04. The van der Waals surface area contributed by atoms with E-state index >= 15 is 0 Å².